The summed E-state index contributed by atoms with van der Waals surface area (Å²) in [5.41, 5.74) is 0.685. The predicted octanol–water partition coefficient (Wildman–Crippen LogP) is 3.66. The molecule has 1 amide bonds. The fourth-order valence-electron chi connectivity index (χ4n) is 4.91. The number of carbonyl (C=O) groups is 2. The molecule has 0 radical (unpaired) electrons. The number of fused-ring (bicyclic) bond motifs is 1. The van der Waals surface area contributed by atoms with E-state index >= 15 is 0 Å². The average molecular weight is 493 g/mol. The van der Waals surface area contributed by atoms with E-state index < -0.39 is 23.5 Å². The van der Waals surface area contributed by atoms with E-state index in [-0.39, 0.29) is 42.3 Å². The lowest BCUT2D eigenvalue weighted by Crippen LogP contribution is -2.47. The SMILES string of the molecule is CC(=Cc1csc(C)n1)C1C[C@@H]2O[C@@H]2CCC[C@H](C)[C@H](O)[C@@H](C)C(=O)C(C)(C)[C@@H](O)CC(=O)N1. The van der Waals surface area contributed by atoms with Gasteiger partial charge in [0.05, 0.1) is 53.0 Å². The van der Waals surface area contributed by atoms with Crippen LogP contribution in [0, 0.1) is 24.2 Å². The van der Waals surface area contributed by atoms with Crippen LogP contribution in [0.2, 0.25) is 0 Å². The number of hydrogen-bond donors (Lipinski definition) is 3. The molecule has 0 bridgehead atoms. The monoisotopic (exact) mass is 492 g/mol. The zero-order chi connectivity index (χ0) is 25.2. The highest BCUT2D eigenvalue weighted by Gasteiger charge is 2.44. The maximum atomic E-state index is 13.2. The van der Waals surface area contributed by atoms with Crippen LogP contribution in [0.4, 0.5) is 0 Å². The number of carbonyl (C=O) groups excluding carboxylic acids is 2. The van der Waals surface area contributed by atoms with E-state index in [2.05, 4.69) is 10.3 Å². The second-order valence-corrected chi connectivity index (χ2v) is 11.8. The van der Waals surface area contributed by atoms with Gasteiger partial charge in [0.2, 0.25) is 5.91 Å². The molecule has 0 saturated carbocycles. The van der Waals surface area contributed by atoms with Crippen molar-refractivity contribution in [1.29, 1.82) is 0 Å². The van der Waals surface area contributed by atoms with Crippen molar-refractivity contribution in [3.8, 4) is 0 Å². The Morgan fingerprint density at radius 3 is 2.59 bits per heavy atom. The number of aromatic nitrogens is 1. The Morgan fingerprint density at radius 1 is 1.24 bits per heavy atom. The molecule has 2 aliphatic heterocycles. The molecular weight excluding hydrogens is 452 g/mol. The standard InChI is InChI=1S/C26H40N2O5S/c1-14-8-7-9-20-21(33-20)11-19(15(2)10-18-13-34-17(4)27-18)28-23(30)12-22(29)26(5,6)25(32)16(3)24(14)31/h10,13-14,16,19-22,24,29,31H,7-9,11-12H2,1-6H3,(H,28,30)/t14-,16+,19?,20+,21-,22-,24-/m0/s1. The van der Waals surface area contributed by atoms with Crippen molar-refractivity contribution in [2.24, 2.45) is 17.3 Å². The molecule has 3 heterocycles. The van der Waals surface area contributed by atoms with Gasteiger partial charge in [-0.1, -0.05) is 34.1 Å². The number of amides is 1. The van der Waals surface area contributed by atoms with Crippen LogP contribution in [-0.4, -0.2) is 57.3 Å². The molecule has 8 heteroatoms. The smallest absolute Gasteiger partial charge is 0.223 e. The number of epoxide rings is 1. The zero-order valence-electron chi connectivity index (χ0n) is 21.2. The van der Waals surface area contributed by atoms with Crippen molar-refractivity contribution in [2.75, 3.05) is 0 Å². The highest BCUT2D eigenvalue weighted by Crippen LogP contribution is 2.35. The quantitative estimate of drug-likeness (QED) is 0.543. The molecule has 190 valence electrons. The van der Waals surface area contributed by atoms with Crippen molar-refractivity contribution >= 4 is 29.1 Å². The maximum absolute atomic E-state index is 13.2. The van der Waals surface area contributed by atoms with Gasteiger partial charge in [-0.3, -0.25) is 9.59 Å². The summed E-state index contributed by atoms with van der Waals surface area (Å²) in [6.45, 7) is 10.9. The molecule has 0 aliphatic carbocycles. The summed E-state index contributed by atoms with van der Waals surface area (Å²) in [5.74, 6) is -1.21. The predicted molar refractivity (Wildman–Crippen MR) is 133 cm³/mol. The van der Waals surface area contributed by atoms with E-state index in [1.807, 2.05) is 32.2 Å². The van der Waals surface area contributed by atoms with E-state index in [4.69, 9.17) is 4.74 Å². The molecule has 2 aliphatic rings. The lowest BCUT2D eigenvalue weighted by Gasteiger charge is -2.34. The third kappa shape index (κ3) is 6.53. The third-order valence-corrected chi connectivity index (χ3v) is 8.35. The van der Waals surface area contributed by atoms with Crippen molar-refractivity contribution in [3.63, 3.8) is 0 Å². The third-order valence-electron chi connectivity index (χ3n) is 7.56. The summed E-state index contributed by atoms with van der Waals surface area (Å²) in [5, 5.41) is 27.7. The van der Waals surface area contributed by atoms with E-state index in [9.17, 15) is 19.8 Å². The molecule has 1 aromatic heterocycles. The molecule has 2 saturated heterocycles. The summed E-state index contributed by atoms with van der Waals surface area (Å²) in [6, 6.07) is -0.247. The van der Waals surface area contributed by atoms with Gasteiger partial charge in [0.1, 0.15) is 5.78 Å². The van der Waals surface area contributed by atoms with Crippen LogP contribution in [0.1, 0.15) is 77.4 Å². The molecule has 3 N–H and O–H groups in total. The lowest BCUT2D eigenvalue weighted by molar-refractivity contribution is -0.143. The molecule has 0 aromatic carbocycles. The Labute approximate surface area is 207 Å². The molecule has 7 nitrogen and oxygen atoms in total. The number of thiazole rings is 1. The maximum Gasteiger partial charge on any atom is 0.223 e. The van der Waals surface area contributed by atoms with Crippen LogP contribution in [0.5, 0.6) is 0 Å². The number of nitrogens with zero attached hydrogens (tertiary/aromatic N) is 1. The van der Waals surface area contributed by atoms with Crippen molar-refractivity contribution in [1.82, 2.24) is 10.3 Å². The minimum absolute atomic E-state index is 0.0419. The van der Waals surface area contributed by atoms with Gasteiger partial charge in [-0.25, -0.2) is 4.98 Å². The van der Waals surface area contributed by atoms with Gasteiger partial charge >= 0.3 is 0 Å². The number of aliphatic hydroxyl groups excluding tert-OH is 2. The largest absolute Gasteiger partial charge is 0.392 e. The number of hydrogen-bond acceptors (Lipinski definition) is 7. The first-order valence-electron chi connectivity index (χ1n) is 12.4. The number of ether oxygens (including phenoxy) is 1. The molecule has 1 unspecified atom stereocenters. The molecular formula is C26H40N2O5S. The van der Waals surface area contributed by atoms with Crippen LogP contribution in [-0.2, 0) is 14.3 Å². The lowest BCUT2D eigenvalue weighted by atomic mass is 9.73. The van der Waals surface area contributed by atoms with Gasteiger partial charge in [-0.2, -0.15) is 0 Å². The topological polar surface area (TPSA) is 112 Å². The van der Waals surface area contributed by atoms with E-state index in [1.54, 1.807) is 32.1 Å². The van der Waals surface area contributed by atoms with E-state index in [0.717, 1.165) is 35.5 Å². The van der Waals surface area contributed by atoms with Gasteiger partial charge in [0.15, 0.2) is 0 Å². The van der Waals surface area contributed by atoms with Crippen LogP contribution in [0.25, 0.3) is 6.08 Å². The molecule has 3 rings (SSSR count). The van der Waals surface area contributed by atoms with E-state index in [0.29, 0.717) is 6.42 Å². The Kier molecular flexibility index (Phi) is 8.71. The molecule has 0 spiro atoms. The summed E-state index contributed by atoms with van der Waals surface area (Å²) >= 11 is 1.58. The highest BCUT2D eigenvalue weighted by atomic mass is 32.1. The second kappa shape index (κ2) is 11.0. The van der Waals surface area contributed by atoms with Crippen LogP contribution >= 0.6 is 11.3 Å². The zero-order valence-corrected chi connectivity index (χ0v) is 22.0. The summed E-state index contributed by atoms with van der Waals surface area (Å²) in [7, 11) is 0. The highest BCUT2D eigenvalue weighted by molar-refractivity contribution is 7.09. The number of ketones is 1. The second-order valence-electron chi connectivity index (χ2n) is 10.7. The number of nitrogens with one attached hydrogen (secondary N) is 1. The van der Waals surface area contributed by atoms with Gasteiger partial charge in [-0.05, 0) is 44.3 Å². The first-order valence-corrected chi connectivity index (χ1v) is 13.2. The Bertz CT molecular complexity index is 911. The minimum Gasteiger partial charge on any atom is -0.392 e. The van der Waals surface area contributed by atoms with Gasteiger partial charge in [-0.15, -0.1) is 11.3 Å². The fraction of sp³-hybridized carbons (Fsp3) is 0.731. The van der Waals surface area contributed by atoms with Crippen molar-refractivity contribution < 1.29 is 24.5 Å². The summed E-state index contributed by atoms with van der Waals surface area (Å²) in [6.07, 6.45) is 3.31. The number of aryl methyl sites for hydroxylation is 1. The van der Waals surface area contributed by atoms with Gasteiger partial charge in [0, 0.05) is 17.7 Å². The van der Waals surface area contributed by atoms with Gasteiger partial charge in [0.25, 0.3) is 0 Å². The Morgan fingerprint density at radius 2 is 1.94 bits per heavy atom. The summed E-state index contributed by atoms with van der Waals surface area (Å²) < 4.78 is 5.91. The number of aliphatic hydroxyl groups is 2. The van der Waals surface area contributed by atoms with Crippen LogP contribution in [0.15, 0.2) is 11.0 Å². The molecule has 7 atom stereocenters. The Balaban J connectivity index is 1.81. The fourth-order valence-corrected chi connectivity index (χ4v) is 5.48. The Hall–Kier alpha value is -1.61. The van der Waals surface area contributed by atoms with Crippen molar-refractivity contribution in [3.05, 3.63) is 21.7 Å². The summed E-state index contributed by atoms with van der Waals surface area (Å²) in [4.78, 5) is 30.6. The molecule has 2 fully saturated rings. The first-order chi connectivity index (χ1) is 15.9. The first kappa shape index (κ1) is 27.0. The van der Waals surface area contributed by atoms with Crippen LogP contribution < -0.4 is 5.32 Å². The minimum atomic E-state index is -1.16. The van der Waals surface area contributed by atoms with Crippen LogP contribution in [0.3, 0.4) is 0 Å². The average Bonchev–Trinajstić information content (AvgIpc) is 3.38. The molecule has 1 aromatic rings. The molecule has 34 heavy (non-hydrogen) atoms. The van der Waals surface area contributed by atoms with Crippen molar-refractivity contribution in [2.45, 2.75) is 104 Å². The van der Waals surface area contributed by atoms with E-state index in [1.165, 1.54) is 0 Å². The normalized spacial score (nSPS) is 36.0. The van der Waals surface area contributed by atoms with Gasteiger partial charge < -0.3 is 20.3 Å². The number of rotatable bonds is 2. The number of Topliss-reactive ketones (excluding diaryl/α,β-unsaturated/α-hetero) is 1.